The Morgan fingerprint density at radius 1 is 1.71 bits per heavy atom. The van der Waals surface area contributed by atoms with Crippen LogP contribution in [0.4, 0.5) is 4.79 Å². The van der Waals surface area contributed by atoms with Gasteiger partial charge in [-0.05, 0) is 6.42 Å². The van der Waals surface area contributed by atoms with Crippen molar-refractivity contribution in [3.05, 3.63) is 0 Å². The van der Waals surface area contributed by atoms with Crippen molar-refractivity contribution >= 4 is 6.09 Å². The van der Waals surface area contributed by atoms with Crippen molar-refractivity contribution in [1.82, 2.24) is 4.90 Å². The van der Waals surface area contributed by atoms with E-state index in [0.29, 0.717) is 26.2 Å². The van der Waals surface area contributed by atoms with Gasteiger partial charge in [0.05, 0.1) is 13.2 Å². The third-order valence-corrected chi connectivity index (χ3v) is 2.35. The van der Waals surface area contributed by atoms with Crippen LogP contribution in [0.2, 0.25) is 0 Å². The van der Waals surface area contributed by atoms with E-state index in [4.69, 9.17) is 14.6 Å². The Labute approximate surface area is 83.6 Å². The lowest BCUT2D eigenvalue weighted by molar-refractivity contribution is 0.0255. The molecule has 14 heavy (non-hydrogen) atoms. The minimum atomic E-state index is -0.299. The predicted octanol–water partition coefficient (Wildman–Crippen LogP) is 0.226. The van der Waals surface area contributed by atoms with Crippen LogP contribution in [0.1, 0.15) is 12.8 Å². The van der Waals surface area contributed by atoms with Crippen molar-refractivity contribution < 1.29 is 19.4 Å². The van der Waals surface area contributed by atoms with E-state index >= 15 is 0 Å². The van der Waals surface area contributed by atoms with E-state index in [1.807, 2.05) is 0 Å². The minimum absolute atomic E-state index is 0.0939. The Balaban J connectivity index is 2.47. The standard InChI is InChI=1S/C9H17NO4/c1-13-7-4-10-8(2-5-11)3-6-14-9(10)12/h8,11H,2-7H2,1H3. The number of hydrogen-bond donors (Lipinski definition) is 1. The lowest BCUT2D eigenvalue weighted by Gasteiger charge is -2.34. The van der Waals surface area contributed by atoms with Gasteiger partial charge < -0.3 is 19.5 Å². The first-order valence-electron chi connectivity index (χ1n) is 4.82. The van der Waals surface area contributed by atoms with Crippen LogP contribution < -0.4 is 0 Å². The number of amides is 1. The summed E-state index contributed by atoms with van der Waals surface area (Å²) < 4.78 is 9.82. The van der Waals surface area contributed by atoms with Crippen molar-refractivity contribution in [2.75, 3.05) is 33.5 Å². The zero-order valence-electron chi connectivity index (χ0n) is 8.44. The molecule has 1 aliphatic heterocycles. The molecule has 5 heteroatoms. The quantitative estimate of drug-likeness (QED) is 0.694. The third-order valence-electron chi connectivity index (χ3n) is 2.35. The van der Waals surface area contributed by atoms with Crippen molar-refractivity contribution in [1.29, 1.82) is 0 Å². The highest BCUT2D eigenvalue weighted by atomic mass is 16.6. The molecule has 1 saturated heterocycles. The molecular formula is C9H17NO4. The second-order valence-electron chi connectivity index (χ2n) is 3.26. The first-order chi connectivity index (χ1) is 6.79. The van der Waals surface area contributed by atoms with Crippen molar-refractivity contribution in [2.24, 2.45) is 0 Å². The normalized spacial score (nSPS) is 22.3. The zero-order valence-corrected chi connectivity index (χ0v) is 8.44. The summed E-state index contributed by atoms with van der Waals surface area (Å²) in [5.41, 5.74) is 0. The highest BCUT2D eigenvalue weighted by Crippen LogP contribution is 2.15. The van der Waals surface area contributed by atoms with E-state index in [0.717, 1.165) is 6.42 Å². The summed E-state index contributed by atoms with van der Waals surface area (Å²) in [5, 5.41) is 8.84. The molecule has 0 aromatic rings. The number of rotatable bonds is 5. The fraction of sp³-hybridized carbons (Fsp3) is 0.889. The molecule has 0 saturated carbocycles. The Hall–Kier alpha value is -0.810. The molecule has 1 N–H and O–H groups in total. The number of aliphatic hydroxyl groups is 1. The fourth-order valence-electron chi connectivity index (χ4n) is 1.58. The first kappa shape index (κ1) is 11.3. The smallest absolute Gasteiger partial charge is 0.410 e. The highest BCUT2D eigenvalue weighted by Gasteiger charge is 2.28. The highest BCUT2D eigenvalue weighted by molar-refractivity contribution is 5.68. The molecule has 1 unspecified atom stereocenters. The molecule has 0 aliphatic carbocycles. The lowest BCUT2D eigenvalue weighted by atomic mass is 10.1. The molecule has 1 rings (SSSR count). The molecule has 0 spiro atoms. The molecule has 82 valence electrons. The van der Waals surface area contributed by atoms with Gasteiger partial charge in [0.1, 0.15) is 0 Å². The monoisotopic (exact) mass is 203 g/mol. The molecule has 0 bridgehead atoms. The zero-order chi connectivity index (χ0) is 10.4. The van der Waals surface area contributed by atoms with E-state index in [1.165, 1.54) is 0 Å². The summed E-state index contributed by atoms with van der Waals surface area (Å²) in [5.74, 6) is 0. The second-order valence-corrected chi connectivity index (χ2v) is 3.26. The lowest BCUT2D eigenvalue weighted by Crippen LogP contribution is -2.47. The summed E-state index contributed by atoms with van der Waals surface area (Å²) in [4.78, 5) is 13.0. The number of nitrogens with zero attached hydrogens (tertiary/aromatic N) is 1. The van der Waals surface area contributed by atoms with Crippen LogP contribution in [-0.4, -0.2) is 55.6 Å². The van der Waals surface area contributed by atoms with Crippen LogP contribution >= 0.6 is 0 Å². The number of cyclic esters (lactones) is 1. The largest absolute Gasteiger partial charge is 0.449 e. The average Bonchev–Trinajstić information content (AvgIpc) is 2.18. The van der Waals surface area contributed by atoms with Gasteiger partial charge in [0.25, 0.3) is 0 Å². The maximum absolute atomic E-state index is 11.4. The number of aliphatic hydroxyl groups excluding tert-OH is 1. The Kier molecular flexibility index (Phi) is 4.69. The average molecular weight is 203 g/mol. The van der Waals surface area contributed by atoms with Crippen LogP contribution in [0.15, 0.2) is 0 Å². The Morgan fingerprint density at radius 2 is 2.50 bits per heavy atom. The Bertz CT molecular complexity index is 184. The molecule has 1 atom stereocenters. The Morgan fingerprint density at radius 3 is 3.14 bits per heavy atom. The summed E-state index contributed by atoms with van der Waals surface area (Å²) >= 11 is 0. The van der Waals surface area contributed by atoms with E-state index in [9.17, 15) is 4.79 Å². The predicted molar refractivity (Wildman–Crippen MR) is 50.0 cm³/mol. The van der Waals surface area contributed by atoms with Gasteiger partial charge in [-0.15, -0.1) is 0 Å². The molecule has 0 aromatic heterocycles. The maximum Gasteiger partial charge on any atom is 0.410 e. The van der Waals surface area contributed by atoms with Crippen LogP contribution in [0.5, 0.6) is 0 Å². The van der Waals surface area contributed by atoms with Gasteiger partial charge >= 0.3 is 6.09 Å². The molecular weight excluding hydrogens is 186 g/mol. The number of hydrogen-bond acceptors (Lipinski definition) is 4. The first-order valence-corrected chi connectivity index (χ1v) is 4.82. The minimum Gasteiger partial charge on any atom is -0.449 e. The summed E-state index contributed by atoms with van der Waals surface area (Å²) in [6.45, 7) is 1.57. The van der Waals surface area contributed by atoms with E-state index in [-0.39, 0.29) is 18.7 Å². The van der Waals surface area contributed by atoms with Gasteiger partial charge in [0.2, 0.25) is 0 Å². The number of methoxy groups -OCH3 is 1. The van der Waals surface area contributed by atoms with E-state index in [1.54, 1.807) is 12.0 Å². The van der Waals surface area contributed by atoms with Gasteiger partial charge in [-0.2, -0.15) is 0 Å². The van der Waals surface area contributed by atoms with Crippen molar-refractivity contribution in [3.8, 4) is 0 Å². The van der Waals surface area contributed by atoms with Crippen LogP contribution in [0.3, 0.4) is 0 Å². The van der Waals surface area contributed by atoms with Gasteiger partial charge in [-0.25, -0.2) is 4.79 Å². The third kappa shape index (κ3) is 2.85. The van der Waals surface area contributed by atoms with Crippen molar-refractivity contribution in [3.63, 3.8) is 0 Å². The summed E-state index contributed by atoms with van der Waals surface area (Å²) in [6, 6.07) is 0.0939. The fourth-order valence-corrected chi connectivity index (χ4v) is 1.58. The molecule has 1 aliphatic rings. The van der Waals surface area contributed by atoms with Gasteiger partial charge in [-0.1, -0.05) is 0 Å². The molecule has 1 heterocycles. The molecule has 0 aromatic carbocycles. The SMILES string of the molecule is COCCN1C(=O)OCCC1CCO. The number of carbonyl (C=O) groups is 1. The number of ether oxygens (including phenoxy) is 2. The van der Waals surface area contributed by atoms with Gasteiger partial charge in [0, 0.05) is 32.7 Å². The topological polar surface area (TPSA) is 59.0 Å². The summed E-state index contributed by atoms with van der Waals surface area (Å²) in [7, 11) is 1.59. The maximum atomic E-state index is 11.4. The molecule has 1 amide bonds. The molecule has 1 fully saturated rings. The van der Waals surface area contributed by atoms with Gasteiger partial charge in [0.15, 0.2) is 0 Å². The van der Waals surface area contributed by atoms with E-state index in [2.05, 4.69) is 0 Å². The summed E-state index contributed by atoms with van der Waals surface area (Å²) in [6.07, 6.45) is 1.10. The van der Waals surface area contributed by atoms with E-state index < -0.39 is 0 Å². The second kappa shape index (κ2) is 5.82. The van der Waals surface area contributed by atoms with Crippen LogP contribution in [0, 0.1) is 0 Å². The molecule has 0 radical (unpaired) electrons. The van der Waals surface area contributed by atoms with Gasteiger partial charge in [-0.3, -0.25) is 0 Å². The van der Waals surface area contributed by atoms with Crippen molar-refractivity contribution in [2.45, 2.75) is 18.9 Å². The van der Waals surface area contributed by atoms with Crippen LogP contribution in [-0.2, 0) is 9.47 Å². The molecule has 5 nitrogen and oxygen atoms in total. The van der Waals surface area contributed by atoms with Crippen LogP contribution in [0.25, 0.3) is 0 Å². The number of carbonyl (C=O) groups excluding carboxylic acids is 1.